The Morgan fingerprint density at radius 1 is 1.17 bits per heavy atom. The van der Waals surface area contributed by atoms with E-state index in [0.717, 1.165) is 30.2 Å². The van der Waals surface area contributed by atoms with Crippen molar-refractivity contribution in [2.45, 2.75) is 0 Å². The Morgan fingerprint density at radius 3 is 2.87 bits per heavy atom. The maximum Gasteiger partial charge on any atom is 0.146 e. The normalized spacial score (nSPS) is 15.0. The highest BCUT2D eigenvalue weighted by Crippen LogP contribution is 2.32. The average Bonchev–Trinajstić information content (AvgIpc) is 3.05. The second-order valence-electron chi connectivity index (χ2n) is 5.32. The van der Waals surface area contributed by atoms with Gasteiger partial charge < -0.3 is 15.0 Å². The number of nitrogens with zero attached hydrogens (tertiary/aromatic N) is 3. The Morgan fingerprint density at radius 2 is 2.00 bits per heavy atom. The topological polar surface area (TPSA) is 49.2 Å². The molecule has 1 N–H and O–H groups in total. The summed E-state index contributed by atoms with van der Waals surface area (Å²) in [6, 6.07) is 10.3. The number of halogens is 1. The Bertz CT molecular complexity index is 831. The lowest BCUT2D eigenvalue weighted by molar-refractivity contribution is 0.481. The molecule has 6 heteroatoms. The summed E-state index contributed by atoms with van der Waals surface area (Å²) in [6.45, 7) is 1.63. The highest BCUT2D eigenvalue weighted by atomic mass is 19.1. The molecule has 0 unspecified atom stereocenters. The zero-order chi connectivity index (χ0) is 15.8. The summed E-state index contributed by atoms with van der Waals surface area (Å²) in [5.41, 5.74) is 2.24. The molecule has 0 saturated heterocycles. The number of fused-ring (bicyclic) bond motifs is 3. The fourth-order valence-electron chi connectivity index (χ4n) is 2.71. The summed E-state index contributed by atoms with van der Waals surface area (Å²) in [7, 11) is 1.67. The van der Waals surface area contributed by atoms with E-state index in [1.807, 2.05) is 29.4 Å². The lowest BCUT2D eigenvalue weighted by Crippen LogP contribution is -2.29. The number of aliphatic imine (C=N–C) groups is 2. The molecule has 2 aromatic carbocycles. The summed E-state index contributed by atoms with van der Waals surface area (Å²) in [4.78, 5) is 11.0. The van der Waals surface area contributed by atoms with Crippen LogP contribution in [0.25, 0.3) is 0 Å². The number of amidine groups is 1. The molecule has 0 amide bonds. The Hall–Kier alpha value is -2.89. The number of ether oxygens (including phenoxy) is 1. The zero-order valence-electron chi connectivity index (χ0n) is 12.6. The van der Waals surface area contributed by atoms with Gasteiger partial charge in [-0.2, -0.15) is 0 Å². The van der Waals surface area contributed by atoms with Crippen molar-refractivity contribution in [3.63, 3.8) is 0 Å². The zero-order valence-corrected chi connectivity index (χ0v) is 12.6. The predicted molar refractivity (Wildman–Crippen MR) is 88.7 cm³/mol. The fourth-order valence-corrected chi connectivity index (χ4v) is 2.71. The molecule has 0 atom stereocenters. The van der Waals surface area contributed by atoms with Crippen molar-refractivity contribution in [3.8, 4) is 11.5 Å². The highest BCUT2D eigenvalue weighted by molar-refractivity contribution is 6.11. The first-order valence-electron chi connectivity index (χ1n) is 7.39. The summed E-state index contributed by atoms with van der Waals surface area (Å²) in [6.07, 6.45) is 1.81. The van der Waals surface area contributed by atoms with Crippen LogP contribution in [0.1, 0.15) is 5.56 Å². The van der Waals surface area contributed by atoms with E-state index in [1.165, 1.54) is 6.07 Å². The first-order valence-corrected chi connectivity index (χ1v) is 7.39. The third-order valence-corrected chi connectivity index (χ3v) is 3.86. The van der Waals surface area contributed by atoms with E-state index in [9.17, 15) is 4.39 Å². The van der Waals surface area contributed by atoms with Gasteiger partial charge in [-0.05, 0) is 30.3 Å². The first-order chi connectivity index (χ1) is 11.2. The Balaban J connectivity index is 1.66. The molecule has 0 aliphatic carbocycles. The molecule has 2 aliphatic heterocycles. The van der Waals surface area contributed by atoms with E-state index < -0.39 is 0 Å². The second kappa shape index (κ2) is 5.39. The van der Waals surface area contributed by atoms with E-state index in [1.54, 1.807) is 19.2 Å². The van der Waals surface area contributed by atoms with E-state index in [2.05, 4.69) is 15.3 Å². The minimum absolute atomic E-state index is 0.310. The van der Waals surface area contributed by atoms with Crippen molar-refractivity contribution in [2.24, 2.45) is 9.98 Å². The van der Waals surface area contributed by atoms with Crippen molar-refractivity contribution < 1.29 is 9.13 Å². The van der Waals surface area contributed by atoms with Crippen LogP contribution in [-0.2, 0) is 0 Å². The van der Waals surface area contributed by atoms with Gasteiger partial charge >= 0.3 is 0 Å². The molecular weight excluding hydrogens is 295 g/mol. The minimum atomic E-state index is -0.310. The SMILES string of the molecule is CNc1cc(Oc2ccc3c(c2)C2=NCCN2C=N3)ccc1F. The molecule has 4 rings (SSSR count). The summed E-state index contributed by atoms with van der Waals surface area (Å²) >= 11 is 0. The van der Waals surface area contributed by atoms with Gasteiger partial charge in [-0.25, -0.2) is 9.38 Å². The number of benzene rings is 2. The molecule has 2 heterocycles. The third kappa shape index (κ3) is 2.42. The van der Waals surface area contributed by atoms with Gasteiger partial charge in [-0.15, -0.1) is 0 Å². The van der Waals surface area contributed by atoms with Crippen molar-refractivity contribution in [3.05, 3.63) is 47.8 Å². The fraction of sp³-hybridized carbons (Fsp3) is 0.176. The van der Waals surface area contributed by atoms with Crippen molar-refractivity contribution in [2.75, 3.05) is 25.5 Å². The van der Waals surface area contributed by atoms with Gasteiger partial charge in [0.1, 0.15) is 23.2 Å². The molecule has 2 aliphatic rings. The van der Waals surface area contributed by atoms with E-state index in [4.69, 9.17) is 4.74 Å². The van der Waals surface area contributed by atoms with Crippen molar-refractivity contribution in [1.82, 2.24) is 4.90 Å². The number of hydrogen-bond acceptors (Lipinski definition) is 5. The molecule has 2 aromatic rings. The quantitative estimate of drug-likeness (QED) is 0.945. The summed E-state index contributed by atoms with van der Waals surface area (Å²) in [5.74, 6) is 1.86. The van der Waals surface area contributed by atoms with Crippen LogP contribution in [0.3, 0.4) is 0 Å². The third-order valence-electron chi connectivity index (χ3n) is 3.86. The molecule has 0 spiro atoms. The van der Waals surface area contributed by atoms with Crippen LogP contribution < -0.4 is 10.1 Å². The standard InChI is InChI=1S/C17H15FN4O/c1-19-16-9-12(2-4-14(16)18)23-11-3-5-15-13(8-11)17-20-6-7-22(17)10-21-15/h2-5,8-10,19H,6-7H2,1H3. The summed E-state index contributed by atoms with van der Waals surface area (Å²) < 4.78 is 19.4. The van der Waals surface area contributed by atoms with Crippen molar-refractivity contribution >= 4 is 23.5 Å². The maximum atomic E-state index is 13.5. The smallest absolute Gasteiger partial charge is 0.146 e. The monoisotopic (exact) mass is 310 g/mol. The van der Waals surface area contributed by atoms with Crippen molar-refractivity contribution in [1.29, 1.82) is 0 Å². The van der Waals surface area contributed by atoms with Gasteiger partial charge in [-0.1, -0.05) is 0 Å². The van der Waals surface area contributed by atoms with Crippen LogP contribution in [0.2, 0.25) is 0 Å². The van der Waals surface area contributed by atoms with Crippen LogP contribution in [-0.4, -0.2) is 37.2 Å². The molecule has 0 bridgehead atoms. The van der Waals surface area contributed by atoms with Gasteiger partial charge in [0.05, 0.1) is 24.3 Å². The maximum absolute atomic E-state index is 13.5. The lowest BCUT2D eigenvalue weighted by Gasteiger charge is -2.21. The summed E-state index contributed by atoms with van der Waals surface area (Å²) in [5, 5.41) is 2.80. The number of rotatable bonds is 3. The molecular formula is C17H15FN4O. The largest absolute Gasteiger partial charge is 0.457 e. The Kier molecular flexibility index (Phi) is 3.22. The predicted octanol–water partition coefficient (Wildman–Crippen LogP) is 3.40. The highest BCUT2D eigenvalue weighted by Gasteiger charge is 2.23. The van der Waals surface area contributed by atoms with Crippen LogP contribution in [0.5, 0.6) is 11.5 Å². The molecule has 0 saturated carbocycles. The molecule has 116 valence electrons. The van der Waals surface area contributed by atoms with Crippen LogP contribution >= 0.6 is 0 Å². The van der Waals surface area contributed by atoms with Gasteiger partial charge in [-0.3, -0.25) is 4.99 Å². The second-order valence-corrected chi connectivity index (χ2v) is 5.32. The molecule has 0 fully saturated rings. The minimum Gasteiger partial charge on any atom is -0.457 e. The Labute approximate surface area is 133 Å². The van der Waals surface area contributed by atoms with Crippen LogP contribution in [0.15, 0.2) is 46.4 Å². The van der Waals surface area contributed by atoms with Gasteiger partial charge in [0, 0.05) is 25.2 Å². The van der Waals surface area contributed by atoms with E-state index in [-0.39, 0.29) is 5.82 Å². The van der Waals surface area contributed by atoms with Gasteiger partial charge in [0.15, 0.2) is 0 Å². The van der Waals surface area contributed by atoms with Crippen LogP contribution in [0.4, 0.5) is 15.8 Å². The van der Waals surface area contributed by atoms with Gasteiger partial charge in [0.2, 0.25) is 0 Å². The molecule has 23 heavy (non-hydrogen) atoms. The van der Waals surface area contributed by atoms with E-state index in [0.29, 0.717) is 17.2 Å². The number of hydrogen-bond donors (Lipinski definition) is 1. The molecule has 0 aromatic heterocycles. The molecule has 5 nitrogen and oxygen atoms in total. The number of anilines is 1. The first kappa shape index (κ1) is 13.8. The molecule has 0 radical (unpaired) electrons. The number of nitrogens with one attached hydrogen (secondary N) is 1. The van der Waals surface area contributed by atoms with Crippen LogP contribution in [0, 0.1) is 5.82 Å². The lowest BCUT2D eigenvalue weighted by atomic mass is 10.1. The van der Waals surface area contributed by atoms with Gasteiger partial charge in [0.25, 0.3) is 0 Å². The average molecular weight is 310 g/mol. The van der Waals surface area contributed by atoms with E-state index >= 15 is 0 Å².